The van der Waals surface area contributed by atoms with Crippen LogP contribution in [0.4, 0.5) is 0 Å². The van der Waals surface area contributed by atoms with Gasteiger partial charge in [-0.1, -0.05) is 30.7 Å². The van der Waals surface area contributed by atoms with Crippen LogP contribution in [-0.2, 0) is 6.42 Å². The number of nitrogens with zero attached hydrogens (tertiary/aromatic N) is 2. The van der Waals surface area contributed by atoms with Gasteiger partial charge in [-0.25, -0.2) is 9.97 Å². The predicted octanol–water partition coefficient (Wildman–Crippen LogP) is 4.54. The van der Waals surface area contributed by atoms with E-state index in [9.17, 15) is 0 Å². The quantitative estimate of drug-likeness (QED) is 0.759. The molecule has 0 radical (unpaired) electrons. The van der Waals surface area contributed by atoms with E-state index in [2.05, 4.69) is 16.9 Å². The zero-order valence-corrected chi connectivity index (χ0v) is 12.8. The Morgan fingerprint density at radius 3 is 2.70 bits per heavy atom. The molecule has 20 heavy (non-hydrogen) atoms. The van der Waals surface area contributed by atoms with Gasteiger partial charge in [-0.2, -0.15) is 0 Å². The summed E-state index contributed by atoms with van der Waals surface area (Å²) in [5, 5.41) is 0.480. The number of aryl methyl sites for hydroxylation is 1. The molecule has 1 heterocycles. The molecule has 3 nitrogen and oxygen atoms in total. The van der Waals surface area contributed by atoms with Crippen LogP contribution in [0, 0.1) is 0 Å². The third-order valence-electron chi connectivity index (χ3n) is 2.72. The van der Waals surface area contributed by atoms with Crippen LogP contribution in [0.5, 0.6) is 5.75 Å². The summed E-state index contributed by atoms with van der Waals surface area (Å²) < 4.78 is 5.71. The lowest BCUT2D eigenvalue weighted by Crippen LogP contribution is -2.05. The lowest BCUT2D eigenvalue weighted by Gasteiger charge is -2.11. The van der Waals surface area contributed by atoms with Gasteiger partial charge in [-0.15, -0.1) is 0 Å². The molecule has 0 fully saturated rings. The Morgan fingerprint density at radius 2 is 2.00 bits per heavy atom. The van der Waals surface area contributed by atoms with E-state index < -0.39 is 0 Å². The highest BCUT2D eigenvalue weighted by Crippen LogP contribution is 2.25. The second-order valence-electron chi connectivity index (χ2n) is 4.94. The minimum atomic E-state index is 0.148. The van der Waals surface area contributed by atoms with Crippen LogP contribution in [0.15, 0.2) is 30.3 Å². The van der Waals surface area contributed by atoms with Gasteiger partial charge in [0.25, 0.3) is 0 Å². The van der Waals surface area contributed by atoms with Crippen LogP contribution in [0.1, 0.15) is 33.0 Å². The van der Waals surface area contributed by atoms with Gasteiger partial charge in [0.05, 0.1) is 11.8 Å². The highest BCUT2D eigenvalue weighted by atomic mass is 35.5. The van der Waals surface area contributed by atoms with Crippen molar-refractivity contribution in [3.8, 4) is 17.0 Å². The zero-order chi connectivity index (χ0) is 14.5. The van der Waals surface area contributed by atoms with E-state index in [1.807, 2.05) is 38.1 Å². The van der Waals surface area contributed by atoms with Crippen molar-refractivity contribution in [1.82, 2.24) is 9.97 Å². The summed E-state index contributed by atoms with van der Waals surface area (Å²) in [6, 6.07) is 9.67. The van der Waals surface area contributed by atoms with Crippen LogP contribution >= 0.6 is 11.6 Å². The van der Waals surface area contributed by atoms with Crippen molar-refractivity contribution < 1.29 is 4.74 Å². The van der Waals surface area contributed by atoms with Crippen molar-refractivity contribution >= 4 is 11.6 Å². The molecular formula is C16H19ClN2O. The average molecular weight is 291 g/mol. The van der Waals surface area contributed by atoms with Crippen molar-refractivity contribution in [3.05, 3.63) is 41.3 Å². The van der Waals surface area contributed by atoms with E-state index in [0.717, 1.165) is 35.7 Å². The fourth-order valence-electron chi connectivity index (χ4n) is 1.95. The third kappa shape index (κ3) is 3.94. The molecule has 4 heteroatoms. The molecule has 0 aliphatic carbocycles. The van der Waals surface area contributed by atoms with Gasteiger partial charge in [0.1, 0.15) is 16.7 Å². The van der Waals surface area contributed by atoms with Gasteiger partial charge in [0, 0.05) is 18.1 Å². The second-order valence-corrected chi connectivity index (χ2v) is 5.32. The van der Waals surface area contributed by atoms with Gasteiger partial charge in [-0.3, -0.25) is 0 Å². The van der Waals surface area contributed by atoms with Crippen molar-refractivity contribution in [2.24, 2.45) is 0 Å². The van der Waals surface area contributed by atoms with Gasteiger partial charge in [0.15, 0.2) is 0 Å². The largest absolute Gasteiger partial charge is 0.491 e. The first-order valence-corrected chi connectivity index (χ1v) is 7.27. The molecule has 0 unspecified atom stereocenters. The highest BCUT2D eigenvalue weighted by molar-refractivity contribution is 6.29. The van der Waals surface area contributed by atoms with Crippen molar-refractivity contribution in [1.29, 1.82) is 0 Å². The Kier molecular flexibility index (Phi) is 4.96. The molecule has 0 atom stereocenters. The molecule has 1 aromatic heterocycles. The topological polar surface area (TPSA) is 35.0 Å². The Hall–Kier alpha value is -1.61. The maximum absolute atomic E-state index is 6.08. The molecule has 0 saturated carbocycles. The molecule has 2 aromatic rings. The molecule has 0 N–H and O–H groups in total. The van der Waals surface area contributed by atoms with E-state index in [1.165, 1.54) is 0 Å². The third-order valence-corrected chi connectivity index (χ3v) is 2.91. The number of halogens is 1. The number of hydrogen-bond acceptors (Lipinski definition) is 3. The first kappa shape index (κ1) is 14.8. The van der Waals surface area contributed by atoms with E-state index in [1.54, 1.807) is 6.07 Å². The summed E-state index contributed by atoms with van der Waals surface area (Å²) in [4.78, 5) is 8.81. The number of hydrogen-bond donors (Lipinski definition) is 0. The summed E-state index contributed by atoms with van der Waals surface area (Å²) >= 11 is 6.08. The summed E-state index contributed by atoms with van der Waals surface area (Å²) in [5.41, 5.74) is 1.83. The monoisotopic (exact) mass is 290 g/mol. The summed E-state index contributed by atoms with van der Waals surface area (Å²) in [5.74, 6) is 1.62. The van der Waals surface area contributed by atoms with Crippen molar-refractivity contribution in [3.63, 3.8) is 0 Å². The number of ether oxygens (including phenoxy) is 1. The number of benzene rings is 1. The lowest BCUT2D eigenvalue weighted by molar-refractivity contribution is 0.242. The lowest BCUT2D eigenvalue weighted by atomic mass is 10.1. The Morgan fingerprint density at radius 1 is 1.20 bits per heavy atom. The van der Waals surface area contributed by atoms with Gasteiger partial charge >= 0.3 is 0 Å². The second kappa shape index (κ2) is 6.71. The van der Waals surface area contributed by atoms with E-state index in [-0.39, 0.29) is 6.10 Å². The predicted molar refractivity (Wildman–Crippen MR) is 82.2 cm³/mol. The van der Waals surface area contributed by atoms with E-state index in [4.69, 9.17) is 16.3 Å². The summed E-state index contributed by atoms with van der Waals surface area (Å²) in [6.07, 6.45) is 1.97. The Labute approximate surface area is 125 Å². The zero-order valence-electron chi connectivity index (χ0n) is 12.1. The maximum atomic E-state index is 6.08. The normalized spacial score (nSPS) is 10.8. The number of aromatic nitrogens is 2. The van der Waals surface area contributed by atoms with E-state index in [0.29, 0.717) is 5.15 Å². The first-order chi connectivity index (χ1) is 9.58. The summed E-state index contributed by atoms with van der Waals surface area (Å²) in [6.45, 7) is 6.11. The van der Waals surface area contributed by atoms with Crippen LogP contribution in [0.2, 0.25) is 5.15 Å². The molecule has 0 aliphatic rings. The van der Waals surface area contributed by atoms with Gasteiger partial charge < -0.3 is 4.74 Å². The molecule has 0 spiro atoms. The fourth-order valence-corrected chi connectivity index (χ4v) is 2.15. The Bertz CT molecular complexity index is 584. The molecule has 0 amide bonds. The SMILES string of the molecule is CCCc1nc(Cl)cc(-c2cccc(OC(C)C)c2)n1. The van der Waals surface area contributed by atoms with Gasteiger partial charge in [-0.05, 0) is 32.4 Å². The molecule has 0 saturated heterocycles. The summed E-state index contributed by atoms with van der Waals surface area (Å²) in [7, 11) is 0. The molecule has 106 valence electrons. The van der Waals surface area contributed by atoms with Crippen LogP contribution in [0.3, 0.4) is 0 Å². The standard InChI is InChI=1S/C16H19ClN2O/c1-4-6-16-18-14(10-15(17)19-16)12-7-5-8-13(9-12)20-11(2)3/h5,7-11H,4,6H2,1-3H3. The maximum Gasteiger partial charge on any atom is 0.133 e. The van der Waals surface area contributed by atoms with Crippen molar-refractivity contribution in [2.75, 3.05) is 0 Å². The fraction of sp³-hybridized carbons (Fsp3) is 0.375. The minimum Gasteiger partial charge on any atom is -0.491 e. The number of rotatable bonds is 5. The molecule has 1 aromatic carbocycles. The van der Waals surface area contributed by atoms with Crippen LogP contribution in [-0.4, -0.2) is 16.1 Å². The van der Waals surface area contributed by atoms with Crippen molar-refractivity contribution in [2.45, 2.75) is 39.7 Å². The minimum absolute atomic E-state index is 0.148. The molecule has 0 aliphatic heterocycles. The average Bonchev–Trinajstić information content (AvgIpc) is 2.38. The molecule has 0 bridgehead atoms. The van der Waals surface area contributed by atoms with Gasteiger partial charge in [0.2, 0.25) is 0 Å². The van der Waals surface area contributed by atoms with Crippen LogP contribution in [0.25, 0.3) is 11.3 Å². The highest BCUT2D eigenvalue weighted by Gasteiger charge is 2.07. The smallest absolute Gasteiger partial charge is 0.133 e. The molecule has 2 rings (SSSR count). The molecular weight excluding hydrogens is 272 g/mol. The van der Waals surface area contributed by atoms with E-state index >= 15 is 0 Å². The first-order valence-electron chi connectivity index (χ1n) is 6.89. The van der Waals surface area contributed by atoms with Crippen LogP contribution < -0.4 is 4.74 Å². The Balaban J connectivity index is 2.35.